The van der Waals surface area contributed by atoms with Crippen molar-refractivity contribution in [1.82, 2.24) is 4.90 Å². The summed E-state index contributed by atoms with van der Waals surface area (Å²) in [5.41, 5.74) is 0. The third-order valence-corrected chi connectivity index (χ3v) is 3.54. The van der Waals surface area contributed by atoms with Crippen LogP contribution in [0.4, 0.5) is 0 Å². The van der Waals surface area contributed by atoms with Gasteiger partial charge < -0.3 is 14.2 Å². The molecule has 5 heteroatoms. The maximum Gasteiger partial charge on any atom is 0.307 e. The van der Waals surface area contributed by atoms with Crippen molar-refractivity contribution in [3.05, 3.63) is 0 Å². The second-order valence-corrected chi connectivity index (χ2v) is 4.92. The number of hydrogen-bond donors (Lipinski definition) is 0. The molecule has 1 heterocycles. The second-order valence-electron chi connectivity index (χ2n) is 4.92. The van der Waals surface area contributed by atoms with Crippen LogP contribution in [0.25, 0.3) is 0 Å². The summed E-state index contributed by atoms with van der Waals surface area (Å²) in [5.74, 6) is -0.113. The normalized spacial score (nSPS) is 20.4. The molecule has 0 amide bonds. The highest BCUT2D eigenvalue weighted by Gasteiger charge is 2.24. The number of rotatable bonds is 9. The van der Waals surface area contributed by atoms with Crippen molar-refractivity contribution in [3.8, 4) is 0 Å². The average molecular weight is 273 g/mol. The maximum atomic E-state index is 11.4. The van der Waals surface area contributed by atoms with E-state index in [4.69, 9.17) is 14.2 Å². The van der Waals surface area contributed by atoms with Crippen LogP contribution in [-0.4, -0.2) is 64.0 Å². The molecule has 19 heavy (non-hydrogen) atoms. The lowest BCUT2D eigenvalue weighted by molar-refractivity contribution is -0.142. The van der Waals surface area contributed by atoms with E-state index in [9.17, 15) is 4.79 Å². The van der Waals surface area contributed by atoms with Crippen molar-refractivity contribution in [3.63, 3.8) is 0 Å². The van der Waals surface area contributed by atoms with Gasteiger partial charge in [0.2, 0.25) is 0 Å². The Balaban J connectivity index is 2.18. The number of likely N-dealkylation sites (tertiary alicyclic amines) is 1. The Morgan fingerprint density at radius 1 is 1.21 bits per heavy atom. The van der Waals surface area contributed by atoms with Gasteiger partial charge in [0.1, 0.15) is 0 Å². The molecule has 1 fully saturated rings. The highest BCUT2D eigenvalue weighted by molar-refractivity contribution is 5.69. The number of methoxy groups -OCH3 is 2. The molecule has 1 saturated heterocycles. The Labute approximate surface area is 116 Å². The number of carbonyl (C=O) groups is 1. The Kier molecular flexibility index (Phi) is 8.79. The summed E-state index contributed by atoms with van der Waals surface area (Å²) in [4.78, 5) is 13.7. The number of nitrogens with zero attached hydrogens (tertiary/aromatic N) is 1. The Morgan fingerprint density at radius 2 is 2.05 bits per heavy atom. The molecule has 5 nitrogen and oxygen atoms in total. The van der Waals surface area contributed by atoms with Gasteiger partial charge in [0.05, 0.1) is 20.1 Å². The van der Waals surface area contributed by atoms with Crippen LogP contribution < -0.4 is 0 Å². The fourth-order valence-corrected chi connectivity index (χ4v) is 2.45. The first-order valence-corrected chi connectivity index (χ1v) is 7.15. The summed E-state index contributed by atoms with van der Waals surface area (Å²) in [5, 5.41) is 0. The van der Waals surface area contributed by atoms with E-state index < -0.39 is 0 Å². The zero-order chi connectivity index (χ0) is 13.9. The lowest BCUT2D eigenvalue weighted by Crippen LogP contribution is -2.42. The zero-order valence-electron chi connectivity index (χ0n) is 12.2. The van der Waals surface area contributed by atoms with Crippen molar-refractivity contribution < 1.29 is 19.0 Å². The van der Waals surface area contributed by atoms with Crippen LogP contribution in [0.2, 0.25) is 0 Å². The van der Waals surface area contributed by atoms with E-state index in [1.54, 1.807) is 7.11 Å². The highest BCUT2D eigenvalue weighted by atomic mass is 16.5. The van der Waals surface area contributed by atoms with Crippen molar-refractivity contribution in [1.29, 1.82) is 0 Å². The van der Waals surface area contributed by atoms with Gasteiger partial charge >= 0.3 is 5.97 Å². The molecule has 0 aromatic carbocycles. The van der Waals surface area contributed by atoms with E-state index in [1.165, 1.54) is 20.0 Å². The molecule has 1 unspecified atom stereocenters. The fourth-order valence-electron chi connectivity index (χ4n) is 2.45. The Bertz CT molecular complexity index is 248. The lowest BCUT2D eigenvalue weighted by atomic mass is 9.99. The van der Waals surface area contributed by atoms with Crippen LogP contribution in [0.3, 0.4) is 0 Å². The first-order chi connectivity index (χ1) is 9.27. The third-order valence-electron chi connectivity index (χ3n) is 3.54. The van der Waals surface area contributed by atoms with Crippen LogP contribution >= 0.6 is 0 Å². The summed E-state index contributed by atoms with van der Waals surface area (Å²) in [6, 6.07) is 0.323. The first kappa shape index (κ1) is 16.4. The van der Waals surface area contributed by atoms with Gasteiger partial charge in [-0.3, -0.25) is 9.69 Å². The second kappa shape index (κ2) is 10.2. The van der Waals surface area contributed by atoms with E-state index in [0.29, 0.717) is 12.5 Å². The van der Waals surface area contributed by atoms with Gasteiger partial charge in [-0.2, -0.15) is 0 Å². The van der Waals surface area contributed by atoms with E-state index >= 15 is 0 Å². The minimum Gasteiger partial charge on any atom is -0.469 e. The fraction of sp³-hybridized carbons (Fsp3) is 0.929. The summed E-state index contributed by atoms with van der Waals surface area (Å²) >= 11 is 0. The summed E-state index contributed by atoms with van der Waals surface area (Å²) in [7, 11) is 3.15. The minimum atomic E-state index is -0.113. The van der Waals surface area contributed by atoms with Crippen molar-refractivity contribution in [2.24, 2.45) is 0 Å². The smallest absolute Gasteiger partial charge is 0.307 e. The molecule has 0 radical (unpaired) electrons. The summed E-state index contributed by atoms with van der Waals surface area (Å²) in [6.07, 6.45) is 4.93. The largest absolute Gasteiger partial charge is 0.469 e. The molecule has 1 aliphatic rings. The molecule has 0 spiro atoms. The van der Waals surface area contributed by atoms with E-state index in [2.05, 4.69) is 4.90 Å². The molecule has 0 bridgehead atoms. The number of piperidine rings is 1. The molecule has 0 aliphatic carbocycles. The van der Waals surface area contributed by atoms with E-state index in [-0.39, 0.29) is 5.97 Å². The minimum absolute atomic E-state index is 0.113. The van der Waals surface area contributed by atoms with E-state index in [0.717, 1.165) is 45.8 Å². The molecule has 0 saturated carbocycles. The Hall–Kier alpha value is -0.650. The molecule has 1 atom stereocenters. The summed E-state index contributed by atoms with van der Waals surface area (Å²) in [6.45, 7) is 4.16. The van der Waals surface area contributed by atoms with Gasteiger partial charge in [-0.05, 0) is 25.8 Å². The molecular formula is C14H27NO4. The van der Waals surface area contributed by atoms with Crippen molar-refractivity contribution in [2.75, 3.05) is 47.1 Å². The van der Waals surface area contributed by atoms with Gasteiger partial charge in [0.15, 0.2) is 0 Å². The number of carbonyl (C=O) groups excluding carboxylic acids is 1. The average Bonchev–Trinajstić information content (AvgIpc) is 2.44. The standard InChI is InChI=1S/C14H27NO4/c1-17-9-5-10-19-11-8-15-7-4-3-6-13(15)12-14(16)18-2/h13H,3-12H2,1-2H3. The molecule has 1 rings (SSSR count). The van der Waals surface area contributed by atoms with Crippen molar-refractivity contribution in [2.45, 2.75) is 38.1 Å². The number of esters is 1. The lowest BCUT2D eigenvalue weighted by Gasteiger charge is -2.35. The molecule has 112 valence electrons. The monoisotopic (exact) mass is 273 g/mol. The third kappa shape index (κ3) is 6.89. The predicted molar refractivity (Wildman–Crippen MR) is 73.2 cm³/mol. The molecule has 0 aromatic rings. The van der Waals surface area contributed by atoms with Crippen LogP contribution in [0.1, 0.15) is 32.1 Å². The number of hydrogen-bond acceptors (Lipinski definition) is 5. The quantitative estimate of drug-likeness (QED) is 0.470. The van der Waals surface area contributed by atoms with Gasteiger partial charge in [-0.15, -0.1) is 0 Å². The Morgan fingerprint density at radius 3 is 2.79 bits per heavy atom. The van der Waals surface area contributed by atoms with Crippen LogP contribution in [-0.2, 0) is 19.0 Å². The highest BCUT2D eigenvalue weighted by Crippen LogP contribution is 2.19. The molecule has 0 aromatic heterocycles. The molecular weight excluding hydrogens is 246 g/mol. The van der Waals surface area contributed by atoms with E-state index in [1.807, 2.05) is 0 Å². The molecule has 1 aliphatic heterocycles. The van der Waals surface area contributed by atoms with Crippen LogP contribution in [0, 0.1) is 0 Å². The first-order valence-electron chi connectivity index (χ1n) is 7.15. The SMILES string of the molecule is COCCCOCCN1CCCCC1CC(=O)OC. The van der Waals surface area contributed by atoms with Gasteiger partial charge in [-0.25, -0.2) is 0 Å². The predicted octanol–water partition coefficient (Wildman–Crippen LogP) is 1.46. The van der Waals surface area contributed by atoms with Crippen molar-refractivity contribution >= 4 is 5.97 Å². The van der Waals surface area contributed by atoms with Gasteiger partial charge in [0.25, 0.3) is 0 Å². The van der Waals surface area contributed by atoms with Crippen LogP contribution in [0.15, 0.2) is 0 Å². The molecule has 0 N–H and O–H groups in total. The van der Waals surface area contributed by atoms with Crippen LogP contribution in [0.5, 0.6) is 0 Å². The number of ether oxygens (including phenoxy) is 3. The maximum absolute atomic E-state index is 11.4. The summed E-state index contributed by atoms with van der Waals surface area (Å²) < 4.78 is 15.3. The van der Waals surface area contributed by atoms with Gasteiger partial charge in [-0.1, -0.05) is 6.42 Å². The topological polar surface area (TPSA) is 48.0 Å². The van der Waals surface area contributed by atoms with Gasteiger partial charge in [0, 0.05) is 32.9 Å². The zero-order valence-corrected chi connectivity index (χ0v) is 12.2.